The highest BCUT2D eigenvalue weighted by atomic mass is 35.5. The van der Waals surface area contributed by atoms with E-state index in [1.54, 1.807) is 16.8 Å². The molecule has 150 valence electrons. The number of rotatable bonds is 5. The van der Waals surface area contributed by atoms with Gasteiger partial charge in [0.25, 0.3) is 0 Å². The molecule has 1 aliphatic heterocycles. The van der Waals surface area contributed by atoms with Crippen LogP contribution in [0.15, 0.2) is 24.3 Å². The Kier molecular flexibility index (Phi) is 5.80. The van der Waals surface area contributed by atoms with Crippen molar-refractivity contribution in [3.8, 4) is 11.6 Å². The molecule has 0 N–H and O–H groups in total. The first kappa shape index (κ1) is 19.6. The molecule has 1 aromatic carbocycles. The zero-order valence-electron chi connectivity index (χ0n) is 15.7. The number of carbonyl (C=O) groups is 1. The summed E-state index contributed by atoms with van der Waals surface area (Å²) in [6.45, 7) is 5.09. The summed E-state index contributed by atoms with van der Waals surface area (Å²) in [4.78, 5) is 14.6. The van der Waals surface area contributed by atoms with Crippen molar-refractivity contribution in [1.82, 2.24) is 14.7 Å². The number of ether oxygens (including phenoxy) is 2. The van der Waals surface area contributed by atoms with E-state index in [2.05, 4.69) is 5.10 Å². The third kappa shape index (κ3) is 4.00. The average Bonchev–Trinajstić information content (AvgIpc) is 3.04. The number of amides is 1. The first-order valence-electron chi connectivity index (χ1n) is 9.54. The Bertz CT molecular complexity index is 864. The van der Waals surface area contributed by atoms with Crippen LogP contribution in [0.1, 0.15) is 18.5 Å². The summed E-state index contributed by atoms with van der Waals surface area (Å²) < 4.78 is 13.0. The van der Waals surface area contributed by atoms with Gasteiger partial charge < -0.3 is 14.4 Å². The lowest BCUT2D eigenvalue weighted by Crippen LogP contribution is -2.49. The van der Waals surface area contributed by atoms with Crippen molar-refractivity contribution in [3.63, 3.8) is 0 Å². The Morgan fingerprint density at radius 1 is 1.21 bits per heavy atom. The minimum atomic E-state index is 0.0522. The predicted molar refractivity (Wildman–Crippen MR) is 107 cm³/mol. The maximum absolute atomic E-state index is 12.7. The molecule has 6 nitrogen and oxygen atoms in total. The summed E-state index contributed by atoms with van der Waals surface area (Å²) in [5.41, 5.74) is 1.76. The van der Waals surface area contributed by atoms with Crippen LogP contribution in [0.5, 0.6) is 5.88 Å². The van der Waals surface area contributed by atoms with Gasteiger partial charge in [-0.15, -0.1) is 5.10 Å². The third-order valence-corrected chi connectivity index (χ3v) is 6.25. The largest absolute Gasteiger partial charge is 0.476 e. The molecule has 0 spiro atoms. The van der Waals surface area contributed by atoms with Gasteiger partial charge in [-0.05, 0) is 38.0 Å². The van der Waals surface area contributed by atoms with Crippen LogP contribution in [-0.4, -0.2) is 53.5 Å². The Morgan fingerprint density at radius 2 is 2.00 bits per heavy atom. The standard InChI is InChI=1S/C20H23Cl2N3O3/c1-13-10-19(23-25(13)15-3-5-17(21)18(22)11-15)28-12-14-2-4-16(14)20(26)24-6-8-27-9-7-24/h3,5,10-11,14,16H,2,4,6-9,12H2,1H3/t14?,16-/m0/s1. The molecule has 1 aliphatic carbocycles. The smallest absolute Gasteiger partial charge is 0.233 e. The summed E-state index contributed by atoms with van der Waals surface area (Å²) in [5, 5.41) is 5.51. The molecule has 2 fully saturated rings. The van der Waals surface area contributed by atoms with Gasteiger partial charge in [0.05, 0.1) is 35.6 Å². The van der Waals surface area contributed by atoms with Gasteiger partial charge in [-0.1, -0.05) is 23.2 Å². The fourth-order valence-electron chi connectivity index (χ4n) is 3.70. The molecule has 2 atom stereocenters. The van der Waals surface area contributed by atoms with E-state index in [0.717, 1.165) is 24.2 Å². The Balaban J connectivity index is 1.37. The molecule has 1 unspecified atom stereocenters. The van der Waals surface area contributed by atoms with E-state index in [1.165, 1.54) is 0 Å². The van der Waals surface area contributed by atoms with Gasteiger partial charge in [-0.25, -0.2) is 4.68 Å². The van der Waals surface area contributed by atoms with Crippen LogP contribution in [0.4, 0.5) is 0 Å². The van der Waals surface area contributed by atoms with E-state index in [1.807, 2.05) is 24.0 Å². The maximum Gasteiger partial charge on any atom is 0.233 e. The van der Waals surface area contributed by atoms with E-state index in [4.69, 9.17) is 32.7 Å². The number of morpholine rings is 1. The zero-order valence-corrected chi connectivity index (χ0v) is 17.2. The lowest BCUT2D eigenvalue weighted by atomic mass is 9.73. The first-order chi connectivity index (χ1) is 13.5. The highest BCUT2D eigenvalue weighted by Crippen LogP contribution is 2.36. The number of halogens is 2. The number of hydrogen-bond donors (Lipinski definition) is 0. The number of carbonyl (C=O) groups excluding carboxylic acids is 1. The van der Waals surface area contributed by atoms with Crippen molar-refractivity contribution >= 4 is 29.1 Å². The van der Waals surface area contributed by atoms with Crippen molar-refractivity contribution in [3.05, 3.63) is 40.0 Å². The highest BCUT2D eigenvalue weighted by molar-refractivity contribution is 6.42. The van der Waals surface area contributed by atoms with Crippen LogP contribution in [0, 0.1) is 18.8 Å². The van der Waals surface area contributed by atoms with E-state index in [9.17, 15) is 4.79 Å². The quantitative estimate of drug-likeness (QED) is 0.734. The summed E-state index contributed by atoms with van der Waals surface area (Å²) in [7, 11) is 0. The van der Waals surface area contributed by atoms with Crippen LogP contribution >= 0.6 is 23.2 Å². The van der Waals surface area contributed by atoms with Gasteiger partial charge in [0, 0.05) is 36.7 Å². The van der Waals surface area contributed by atoms with Crippen LogP contribution in [0.25, 0.3) is 5.69 Å². The Labute approximate surface area is 174 Å². The van der Waals surface area contributed by atoms with Gasteiger partial charge in [0.2, 0.25) is 11.8 Å². The summed E-state index contributed by atoms with van der Waals surface area (Å²) in [6, 6.07) is 7.27. The SMILES string of the molecule is Cc1cc(OCC2CC[C@@H]2C(=O)N2CCOCC2)nn1-c1ccc(Cl)c(Cl)c1. The molecular formula is C20H23Cl2N3O3. The molecule has 1 saturated heterocycles. The summed E-state index contributed by atoms with van der Waals surface area (Å²) >= 11 is 12.1. The third-order valence-electron chi connectivity index (χ3n) is 5.52. The van der Waals surface area contributed by atoms with E-state index < -0.39 is 0 Å². The Morgan fingerprint density at radius 3 is 2.68 bits per heavy atom. The molecule has 1 aromatic heterocycles. The van der Waals surface area contributed by atoms with Gasteiger partial charge in [-0.2, -0.15) is 0 Å². The number of aromatic nitrogens is 2. The minimum absolute atomic E-state index is 0.0522. The van der Waals surface area contributed by atoms with Crippen LogP contribution in [-0.2, 0) is 9.53 Å². The summed E-state index contributed by atoms with van der Waals surface area (Å²) in [5.74, 6) is 1.08. The molecule has 0 bridgehead atoms. The fourth-order valence-corrected chi connectivity index (χ4v) is 3.99. The molecule has 1 saturated carbocycles. The molecule has 2 aliphatic rings. The van der Waals surface area contributed by atoms with Crippen molar-refractivity contribution < 1.29 is 14.3 Å². The fraction of sp³-hybridized carbons (Fsp3) is 0.500. The van der Waals surface area contributed by atoms with Gasteiger partial charge in [0.1, 0.15) is 0 Å². The predicted octanol–water partition coefficient (Wildman–Crippen LogP) is 3.75. The number of hydrogen-bond acceptors (Lipinski definition) is 4. The zero-order chi connectivity index (χ0) is 19.7. The number of nitrogens with zero attached hydrogens (tertiary/aromatic N) is 3. The molecule has 4 rings (SSSR count). The molecule has 2 aromatic rings. The lowest BCUT2D eigenvalue weighted by molar-refractivity contribution is -0.146. The monoisotopic (exact) mass is 423 g/mol. The lowest BCUT2D eigenvalue weighted by Gasteiger charge is -2.39. The van der Waals surface area contributed by atoms with Gasteiger partial charge in [0.15, 0.2) is 0 Å². The number of aryl methyl sites for hydroxylation is 1. The first-order valence-corrected chi connectivity index (χ1v) is 10.3. The van der Waals surface area contributed by atoms with E-state index in [0.29, 0.717) is 48.8 Å². The van der Waals surface area contributed by atoms with Crippen molar-refractivity contribution in [2.24, 2.45) is 11.8 Å². The second kappa shape index (κ2) is 8.31. The topological polar surface area (TPSA) is 56.6 Å². The second-order valence-corrected chi connectivity index (χ2v) is 8.14. The van der Waals surface area contributed by atoms with Crippen LogP contribution in [0.2, 0.25) is 10.0 Å². The highest BCUT2D eigenvalue weighted by Gasteiger charge is 2.39. The Hall–Kier alpha value is -1.76. The molecule has 1 amide bonds. The van der Waals surface area contributed by atoms with Crippen LogP contribution < -0.4 is 4.74 Å². The van der Waals surface area contributed by atoms with Gasteiger partial charge in [-0.3, -0.25) is 4.79 Å². The van der Waals surface area contributed by atoms with E-state index in [-0.39, 0.29) is 17.7 Å². The van der Waals surface area contributed by atoms with Crippen molar-refractivity contribution in [2.45, 2.75) is 19.8 Å². The second-order valence-electron chi connectivity index (χ2n) is 7.33. The maximum atomic E-state index is 12.7. The summed E-state index contributed by atoms with van der Waals surface area (Å²) in [6.07, 6.45) is 1.94. The molecule has 8 heteroatoms. The van der Waals surface area contributed by atoms with Gasteiger partial charge >= 0.3 is 0 Å². The molecule has 0 radical (unpaired) electrons. The van der Waals surface area contributed by atoms with Crippen LogP contribution in [0.3, 0.4) is 0 Å². The number of benzene rings is 1. The van der Waals surface area contributed by atoms with E-state index >= 15 is 0 Å². The van der Waals surface area contributed by atoms with Crippen molar-refractivity contribution in [2.75, 3.05) is 32.9 Å². The molecule has 28 heavy (non-hydrogen) atoms. The molecule has 2 heterocycles. The van der Waals surface area contributed by atoms with Crippen molar-refractivity contribution in [1.29, 1.82) is 0 Å². The normalized spacial score (nSPS) is 22.0. The average molecular weight is 424 g/mol. The molecular weight excluding hydrogens is 401 g/mol. The minimum Gasteiger partial charge on any atom is -0.476 e.